The Morgan fingerprint density at radius 3 is 2.95 bits per heavy atom. The number of ether oxygens (including phenoxy) is 2. The van der Waals surface area contributed by atoms with Gasteiger partial charge in [0.1, 0.15) is 11.9 Å². The largest absolute Gasteiger partial charge is 0.490 e. The van der Waals surface area contributed by atoms with E-state index < -0.39 is 0 Å². The third kappa shape index (κ3) is 3.55. The van der Waals surface area contributed by atoms with Crippen molar-refractivity contribution in [1.29, 1.82) is 0 Å². The highest BCUT2D eigenvalue weighted by Gasteiger charge is 2.39. The molecule has 116 valence electrons. The first-order valence-corrected chi connectivity index (χ1v) is 9.04. The van der Waals surface area contributed by atoms with Gasteiger partial charge in [0.15, 0.2) is 0 Å². The zero-order valence-electron chi connectivity index (χ0n) is 12.8. The molecule has 0 saturated carbocycles. The number of nitrogens with two attached hydrogens (primary N) is 1. The summed E-state index contributed by atoms with van der Waals surface area (Å²) in [4.78, 5) is 0. The second-order valence-electron chi connectivity index (χ2n) is 6.19. The van der Waals surface area contributed by atoms with Crippen molar-refractivity contribution in [1.82, 2.24) is 0 Å². The van der Waals surface area contributed by atoms with E-state index in [-0.39, 0.29) is 11.7 Å². The molecule has 21 heavy (non-hydrogen) atoms. The van der Waals surface area contributed by atoms with E-state index in [9.17, 15) is 0 Å². The minimum Gasteiger partial charge on any atom is -0.490 e. The van der Waals surface area contributed by atoms with Crippen LogP contribution in [0.2, 0.25) is 0 Å². The number of hydrogen-bond donors (Lipinski definition) is 1. The van der Waals surface area contributed by atoms with Crippen LogP contribution in [0.15, 0.2) is 18.2 Å². The molecule has 1 aromatic rings. The highest BCUT2D eigenvalue weighted by atomic mass is 32.2. The molecule has 2 aliphatic heterocycles. The molecule has 4 heteroatoms. The Hall–Kier alpha value is -0.710. The van der Waals surface area contributed by atoms with Crippen molar-refractivity contribution in [2.24, 2.45) is 5.73 Å². The summed E-state index contributed by atoms with van der Waals surface area (Å²) in [5, 5.41) is 0. The lowest BCUT2D eigenvalue weighted by atomic mass is 9.86. The van der Waals surface area contributed by atoms with Gasteiger partial charge in [-0.05, 0) is 37.3 Å². The summed E-state index contributed by atoms with van der Waals surface area (Å²) >= 11 is 2.04. The van der Waals surface area contributed by atoms with E-state index in [1.807, 2.05) is 11.8 Å². The number of rotatable bonds is 3. The summed E-state index contributed by atoms with van der Waals surface area (Å²) in [6.45, 7) is 3.44. The van der Waals surface area contributed by atoms with Crippen LogP contribution >= 0.6 is 11.8 Å². The summed E-state index contributed by atoms with van der Waals surface area (Å²) in [5.41, 5.74) is 8.26. The molecule has 0 radical (unpaired) electrons. The predicted octanol–water partition coefficient (Wildman–Crippen LogP) is 3.28. The Bertz CT molecular complexity index is 480. The predicted molar refractivity (Wildman–Crippen MR) is 88.0 cm³/mol. The summed E-state index contributed by atoms with van der Waals surface area (Å²) in [5.74, 6) is 3.38. The highest BCUT2D eigenvalue weighted by molar-refractivity contribution is 7.99. The Labute approximate surface area is 131 Å². The van der Waals surface area contributed by atoms with Gasteiger partial charge in [-0.1, -0.05) is 17.7 Å². The van der Waals surface area contributed by atoms with Gasteiger partial charge >= 0.3 is 0 Å². The lowest BCUT2D eigenvalue weighted by molar-refractivity contribution is -0.116. The van der Waals surface area contributed by atoms with Crippen LogP contribution in [-0.2, 0) is 11.3 Å². The van der Waals surface area contributed by atoms with Gasteiger partial charge in [-0.15, -0.1) is 0 Å². The van der Waals surface area contributed by atoms with Crippen LogP contribution in [0.25, 0.3) is 0 Å². The topological polar surface area (TPSA) is 44.5 Å². The maximum absolute atomic E-state index is 6.29. The van der Waals surface area contributed by atoms with E-state index in [4.69, 9.17) is 15.2 Å². The Kier molecular flexibility index (Phi) is 4.77. The molecule has 0 amide bonds. The molecule has 2 fully saturated rings. The van der Waals surface area contributed by atoms with E-state index in [0.717, 1.165) is 43.6 Å². The van der Waals surface area contributed by atoms with Crippen molar-refractivity contribution in [3.05, 3.63) is 29.3 Å². The van der Waals surface area contributed by atoms with Crippen molar-refractivity contribution in [3.63, 3.8) is 0 Å². The molecule has 2 heterocycles. The Balaban J connectivity index is 1.70. The molecule has 1 aromatic carbocycles. The number of hydrogen-bond acceptors (Lipinski definition) is 4. The summed E-state index contributed by atoms with van der Waals surface area (Å²) in [6, 6.07) is 6.29. The molecule has 1 unspecified atom stereocenters. The summed E-state index contributed by atoms with van der Waals surface area (Å²) in [6.07, 6.45) is 4.58. The van der Waals surface area contributed by atoms with E-state index in [2.05, 4.69) is 25.1 Å². The van der Waals surface area contributed by atoms with Gasteiger partial charge in [-0.25, -0.2) is 0 Å². The van der Waals surface area contributed by atoms with E-state index in [1.165, 1.54) is 17.1 Å². The van der Waals surface area contributed by atoms with Crippen LogP contribution in [0.4, 0.5) is 0 Å². The van der Waals surface area contributed by atoms with E-state index >= 15 is 0 Å². The number of benzene rings is 1. The molecule has 0 aliphatic carbocycles. The molecule has 1 spiro atoms. The SMILES string of the molecule is Cc1ccc(OC2CCOC3(CCSCC3)C2)c(CN)c1. The van der Waals surface area contributed by atoms with Crippen molar-refractivity contribution < 1.29 is 9.47 Å². The van der Waals surface area contributed by atoms with Crippen LogP contribution in [0, 0.1) is 6.92 Å². The number of thioether (sulfide) groups is 1. The Morgan fingerprint density at radius 2 is 2.19 bits per heavy atom. The molecule has 1 atom stereocenters. The molecule has 0 aromatic heterocycles. The van der Waals surface area contributed by atoms with Crippen LogP contribution in [0.5, 0.6) is 5.75 Å². The van der Waals surface area contributed by atoms with Gasteiger partial charge in [0.2, 0.25) is 0 Å². The van der Waals surface area contributed by atoms with Gasteiger partial charge < -0.3 is 15.2 Å². The van der Waals surface area contributed by atoms with Gasteiger partial charge in [0, 0.05) is 24.9 Å². The minimum absolute atomic E-state index is 0.0712. The standard InChI is InChI=1S/C17H25NO2S/c1-13-2-3-16(14(10-13)12-18)20-15-4-7-19-17(11-15)5-8-21-9-6-17/h2-3,10,15H,4-9,11-12,18H2,1H3. The fraction of sp³-hybridized carbons (Fsp3) is 0.647. The van der Waals surface area contributed by atoms with Gasteiger partial charge in [0.05, 0.1) is 12.2 Å². The minimum atomic E-state index is 0.0712. The lowest BCUT2D eigenvalue weighted by Crippen LogP contribution is -2.46. The Morgan fingerprint density at radius 1 is 1.38 bits per heavy atom. The number of aryl methyl sites for hydroxylation is 1. The maximum Gasteiger partial charge on any atom is 0.124 e. The third-order valence-electron chi connectivity index (χ3n) is 4.58. The molecular formula is C17H25NO2S. The maximum atomic E-state index is 6.29. The van der Waals surface area contributed by atoms with Gasteiger partial charge in [0.25, 0.3) is 0 Å². The second kappa shape index (κ2) is 6.59. The van der Waals surface area contributed by atoms with Crippen LogP contribution in [0.3, 0.4) is 0 Å². The summed E-state index contributed by atoms with van der Waals surface area (Å²) < 4.78 is 12.4. The molecular weight excluding hydrogens is 282 g/mol. The van der Waals surface area contributed by atoms with Crippen molar-refractivity contribution >= 4 is 11.8 Å². The zero-order valence-corrected chi connectivity index (χ0v) is 13.6. The molecule has 2 saturated heterocycles. The normalized spacial score (nSPS) is 25.0. The molecule has 2 aliphatic rings. The zero-order chi connectivity index (χ0) is 14.7. The van der Waals surface area contributed by atoms with Crippen LogP contribution < -0.4 is 10.5 Å². The average molecular weight is 307 g/mol. The summed E-state index contributed by atoms with van der Waals surface area (Å²) in [7, 11) is 0. The van der Waals surface area contributed by atoms with Crippen molar-refractivity contribution in [2.45, 2.75) is 50.9 Å². The quantitative estimate of drug-likeness (QED) is 0.931. The first kappa shape index (κ1) is 15.2. The van der Waals surface area contributed by atoms with E-state index in [1.54, 1.807) is 0 Å². The molecule has 3 rings (SSSR count). The van der Waals surface area contributed by atoms with Crippen molar-refractivity contribution in [3.8, 4) is 5.75 Å². The highest BCUT2D eigenvalue weighted by Crippen LogP contribution is 2.39. The van der Waals surface area contributed by atoms with E-state index in [0.29, 0.717) is 6.54 Å². The first-order chi connectivity index (χ1) is 10.2. The van der Waals surface area contributed by atoms with Gasteiger partial charge in [-0.3, -0.25) is 0 Å². The van der Waals surface area contributed by atoms with Crippen LogP contribution in [-0.4, -0.2) is 29.8 Å². The average Bonchev–Trinajstić information content (AvgIpc) is 2.50. The first-order valence-electron chi connectivity index (χ1n) is 7.89. The molecule has 3 nitrogen and oxygen atoms in total. The third-order valence-corrected chi connectivity index (χ3v) is 5.57. The van der Waals surface area contributed by atoms with Crippen LogP contribution in [0.1, 0.15) is 36.8 Å². The molecule has 0 bridgehead atoms. The monoisotopic (exact) mass is 307 g/mol. The lowest BCUT2D eigenvalue weighted by Gasteiger charge is -2.43. The molecule has 2 N–H and O–H groups in total. The smallest absolute Gasteiger partial charge is 0.124 e. The van der Waals surface area contributed by atoms with Gasteiger partial charge in [-0.2, -0.15) is 11.8 Å². The van der Waals surface area contributed by atoms with Crippen molar-refractivity contribution in [2.75, 3.05) is 18.1 Å². The fourth-order valence-corrected chi connectivity index (χ4v) is 4.57. The fourth-order valence-electron chi connectivity index (χ4n) is 3.34. The second-order valence-corrected chi connectivity index (χ2v) is 7.42.